The van der Waals surface area contributed by atoms with Crippen molar-refractivity contribution in [1.82, 2.24) is 0 Å². The van der Waals surface area contributed by atoms with Crippen LogP contribution in [0, 0.1) is 0 Å². The van der Waals surface area contributed by atoms with Gasteiger partial charge in [0.2, 0.25) is 0 Å². The molecular formula is C20H22O4. The minimum absolute atomic E-state index is 0.123. The van der Waals surface area contributed by atoms with Crippen molar-refractivity contribution in [2.45, 2.75) is 25.9 Å². The molecule has 0 spiro atoms. The molecule has 2 unspecified atom stereocenters. The molecule has 1 aliphatic heterocycles. The fourth-order valence-corrected chi connectivity index (χ4v) is 3.17. The Kier molecular flexibility index (Phi) is 4.38. The monoisotopic (exact) mass is 326 g/mol. The zero-order chi connectivity index (χ0) is 17.3. The van der Waals surface area contributed by atoms with Crippen LogP contribution in [-0.2, 0) is 0 Å². The number of aromatic hydroxyl groups is 1. The summed E-state index contributed by atoms with van der Waals surface area (Å²) in [6, 6.07) is 9.44. The number of ether oxygens (including phenoxy) is 3. The van der Waals surface area contributed by atoms with Crippen LogP contribution < -0.4 is 14.2 Å². The van der Waals surface area contributed by atoms with Gasteiger partial charge < -0.3 is 19.3 Å². The lowest BCUT2D eigenvalue weighted by molar-refractivity contribution is 0.207. The minimum atomic E-state index is -0.149. The lowest BCUT2D eigenvalue weighted by Gasteiger charge is -2.17. The van der Waals surface area contributed by atoms with Crippen molar-refractivity contribution in [2.24, 2.45) is 0 Å². The van der Waals surface area contributed by atoms with Crippen molar-refractivity contribution in [3.05, 3.63) is 53.1 Å². The molecular weight excluding hydrogens is 304 g/mol. The van der Waals surface area contributed by atoms with E-state index in [4.69, 9.17) is 14.2 Å². The number of benzene rings is 2. The largest absolute Gasteiger partial charge is 0.504 e. The van der Waals surface area contributed by atoms with Crippen LogP contribution in [0.2, 0.25) is 0 Å². The number of methoxy groups -OCH3 is 2. The highest BCUT2D eigenvalue weighted by molar-refractivity contribution is 5.62. The van der Waals surface area contributed by atoms with Crippen molar-refractivity contribution in [2.75, 3.05) is 14.2 Å². The van der Waals surface area contributed by atoms with Gasteiger partial charge in [0.15, 0.2) is 23.0 Å². The maximum absolute atomic E-state index is 9.80. The quantitative estimate of drug-likeness (QED) is 0.886. The number of phenols is 1. The van der Waals surface area contributed by atoms with Crippen molar-refractivity contribution in [1.29, 1.82) is 0 Å². The Morgan fingerprint density at radius 1 is 1.08 bits per heavy atom. The number of allylic oxidation sites excluding steroid dienone is 1. The molecule has 0 aromatic heterocycles. The zero-order valence-corrected chi connectivity index (χ0v) is 14.4. The van der Waals surface area contributed by atoms with E-state index in [1.165, 1.54) is 0 Å². The fourth-order valence-electron chi connectivity index (χ4n) is 3.17. The molecule has 0 fully saturated rings. The Morgan fingerprint density at radius 3 is 2.50 bits per heavy atom. The summed E-state index contributed by atoms with van der Waals surface area (Å²) in [6.45, 7) is 4.12. The summed E-state index contributed by atoms with van der Waals surface area (Å²) in [7, 11) is 3.19. The molecule has 4 heteroatoms. The summed E-state index contributed by atoms with van der Waals surface area (Å²) in [5.41, 5.74) is 3.18. The predicted molar refractivity (Wildman–Crippen MR) is 94.1 cm³/mol. The average Bonchev–Trinajstić information content (AvgIpc) is 2.92. The summed E-state index contributed by atoms with van der Waals surface area (Å²) >= 11 is 0. The molecule has 1 heterocycles. The molecule has 1 N–H and O–H groups in total. The highest BCUT2D eigenvalue weighted by Crippen LogP contribution is 2.51. The third-order valence-electron chi connectivity index (χ3n) is 4.41. The highest BCUT2D eigenvalue weighted by Gasteiger charge is 2.35. The number of hydrogen-bond donors (Lipinski definition) is 1. The lowest BCUT2D eigenvalue weighted by Crippen LogP contribution is -2.07. The van der Waals surface area contributed by atoms with Gasteiger partial charge in [-0.25, -0.2) is 0 Å². The van der Waals surface area contributed by atoms with Crippen LogP contribution in [0.5, 0.6) is 23.0 Å². The first-order valence-electron chi connectivity index (χ1n) is 7.97. The Morgan fingerprint density at radius 2 is 1.83 bits per heavy atom. The summed E-state index contributed by atoms with van der Waals surface area (Å²) < 4.78 is 16.9. The first kappa shape index (κ1) is 16.2. The summed E-state index contributed by atoms with van der Waals surface area (Å²) in [5.74, 6) is 2.25. The van der Waals surface area contributed by atoms with Gasteiger partial charge in [-0.05, 0) is 42.3 Å². The zero-order valence-electron chi connectivity index (χ0n) is 14.4. The van der Waals surface area contributed by atoms with Gasteiger partial charge in [-0.15, -0.1) is 0 Å². The van der Waals surface area contributed by atoms with E-state index in [0.29, 0.717) is 5.75 Å². The third kappa shape index (κ3) is 2.68. The van der Waals surface area contributed by atoms with Gasteiger partial charge in [0, 0.05) is 11.5 Å². The first-order chi connectivity index (χ1) is 11.6. The van der Waals surface area contributed by atoms with Crippen LogP contribution >= 0.6 is 0 Å². The maximum Gasteiger partial charge on any atom is 0.165 e. The fraction of sp³-hybridized carbons (Fsp3) is 0.300. The Balaban J connectivity index is 2.03. The van der Waals surface area contributed by atoms with Crippen LogP contribution in [0.15, 0.2) is 36.4 Å². The topological polar surface area (TPSA) is 47.9 Å². The van der Waals surface area contributed by atoms with Gasteiger partial charge in [0.25, 0.3) is 0 Å². The molecule has 0 aliphatic carbocycles. The molecule has 2 aromatic rings. The number of fused-ring (bicyclic) bond motifs is 1. The van der Waals surface area contributed by atoms with E-state index in [2.05, 4.69) is 13.0 Å². The van der Waals surface area contributed by atoms with E-state index >= 15 is 0 Å². The smallest absolute Gasteiger partial charge is 0.165 e. The van der Waals surface area contributed by atoms with Crippen LogP contribution in [0.1, 0.15) is 42.6 Å². The van der Waals surface area contributed by atoms with Crippen LogP contribution in [-0.4, -0.2) is 19.3 Å². The molecule has 2 aromatic carbocycles. The van der Waals surface area contributed by atoms with E-state index in [1.807, 2.05) is 37.3 Å². The molecule has 0 saturated carbocycles. The van der Waals surface area contributed by atoms with Crippen LogP contribution in [0.25, 0.3) is 6.08 Å². The second-order valence-corrected chi connectivity index (χ2v) is 5.90. The first-order valence-corrected chi connectivity index (χ1v) is 7.97. The van der Waals surface area contributed by atoms with E-state index < -0.39 is 0 Å². The van der Waals surface area contributed by atoms with Gasteiger partial charge in [0.1, 0.15) is 6.10 Å². The molecule has 4 nitrogen and oxygen atoms in total. The van der Waals surface area contributed by atoms with Crippen molar-refractivity contribution < 1.29 is 19.3 Å². The van der Waals surface area contributed by atoms with Gasteiger partial charge >= 0.3 is 0 Å². The van der Waals surface area contributed by atoms with Crippen LogP contribution in [0.4, 0.5) is 0 Å². The van der Waals surface area contributed by atoms with E-state index in [-0.39, 0.29) is 17.8 Å². The summed E-state index contributed by atoms with van der Waals surface area (Å²) in [4.78, 5) is 0. The number of rotatable bonds is 4. The molecule has 0 amide bonds. The van der Waals surface area contributed by atoms with Crippen molar-refractivity contribution in [3.63, 3.8) is 0 Å². The Hall–Kier alpha value is -2.62. The molecule has 1 aliphatic rings. The van der Waals surface area contributed by atoms with Gasteiger partial charge in [0.05, 0.1) is 14.2 Å². The number of phenolic OH excluding ortho intramolecular Hbond substituents is 1. The number of hydrogen-bond acceptors (Lipinski definition) is 4. The molecule has 24 heavy (non-hydrogen) atoms. The predicted octanol–water partition coefficient (Wildman–Crippen LogP) is 4.68. The van der Waals surface area contributed by atoms with E-state index in [1.54, 1.807) is 20.3 Å². The molecule has 2 atom stereocenters. The highest BCUT2D eigenvalue weighted by atomic mass is 16.5. The molecule has 0 bridgehead atoms. The SMILES string of the molecule is C/C=C\c1cc(OC)c2c(c1)C(C)C(c1ccc(O)c(OC)c1)O2. The lowest BCUT2D eigenvalue weighted by atomic mass is 9.91. The van der Waals surface area contributed by atoms with Crippen molar-refractivity contribution >= 4 is 6.08 Å². The van der Waals surface area contributed by atoms with Gasteiger partial charge in [-0.2, -0.15) is 0 Å². The Labute approximate surface area is 142 Å². The van der Waals surface area contributed by atoms with E-state index in [9.17, 15) is 5.11 Å². The average molecular weight is 326 g/mol. The standard InChI is InChI=1S/C20H22O4/c1-5-6-13-9-15-12(2)19(24-20(15)18(10-13)23-4)14-7-8-16(21)17(11-14)22-3/h5-12,19,21H,1-4H3/b6-5-. The molecule has 0 saturated heterocycles. The van der Waals surface area contributed by atoms with Crippen molar-refractivity contribution in [3.8, 4) is 23.0 Å². The summed E-state index contributed by atoms with van der Waals surface area (Å²) in [5, 5.41) is 9.80. The maximum atomic E-state index is 9.80. The second kappa shape index (κ2) is 6.48. The molecule has 3 rings (SSSR count). The normalized spacial score (nSPS) is 19.2. The second-order valence-electron chi connectivity index (χ2n) is 5.90. The van der Waals surface area contributed by atoms with Gasteiger partial charge in [-0.1, -0.05) is 25.1 Å². The molecule has 126 valence electrons. The summed E-state index contributed by atoms with van der Waals surface area (Å²) in [6.07, 6.45) is 3.90. The van der Waals surface area contributed by atoms with E-state index in [0.717, 1.165) is 28.2 Å². The van der Waals surface area contributed by atoms with Gasteiger partial charge in [-0.3, -0.25) is 0 Å². The Bertz CT molecular complexity index is 779. The molecule has 0 radical (unpaired) electrons. The third-order valence-corrected chi connectivity index (χ3v) is 4.41. The van der Waals surface area contributed by atoms with Crippen LogP contribution in [0.3, 0.4) is 0 Å². The minimum Gasteiger partial charge on any atom is -0.504 e.